The Morgan fingerprint density at radius 1 is 1.02 bits per heavy atom. The van der Waals surface area contributed by atoms with E-state index in [0.717, 1.165) is 22.8 Å². The maximum atomic E-state index is 14.5. The highest BCUT2D eigenvalue weighted by atomic mass is 32.2. The fraction of sp³-hybridized carbons (Fsp3) is 0.441. The number of amides is 3. The SMILES string of the molecule is CC(C)C[C@H](CO)N1C(=O)[C@@H]2[C@@H](C(=O)NCc3ccccc3)[C@H]3CC(C)C2(S3)C1C(=O)Nc1ccc2ccccc2c1. The highest BCUT2D eigenvalue weighted by Gasteiger charge is 2.76. The molecule has 8 heteroatoms. The van der Waals surface area contributed by atoms with E-state index >= 15 is 0 Å². The number of rotatable bonds is 9. The van der Waals surface area contributed by atoms with Crippen LogP contribution in [0.4, 0.5) is 5.69 Å². The number of aliphatic hydroxyl groups is 1. The molecule has 7 nitrogen and oxygen atoms in total. The van der Waals surface area contributed by atoms with Crippen molar-refractivity contribution in [2.24, 2.45) is 23.7 Å². The number of hydrogen-bond acceptors (Lipinski definition) is 5. The Bertz CT molecular complexity index is 1500. The number of carbonyl (C=O) groups excluding carboxylic acids is 3. The van der Waals surface area contributed by atoms with Crippen molar-refractivity contribution < 1.29 is 19.5 Å². The van der Waals surface area contributed by atoms with E-state index in [4.69, 9.17) is 0 Å². The fourth-order valence-electron chi connectivity index (χ4n) is 7.65. The summed E-state index contributed by atoms with van der Waals surface area (Å²) in [5, 5.41) is 18.8. The summed E-state index contributed by atoms with van der Waals surface area (Å²) in [4.78, 5) is 44.3. The Morgan fingerprint density at radius 2 is 1.74 bits per heavy atom. The van der Waals surface area contributed by atoms with E-state index in [1.165, 1.54) is 0 Å². The van der Waals surface area contributed by atoms with E-state index in [-0.39, 0.29) is 41.4 Å². The molecular weight excluding hydrogens is 546 g/mol. The molecule has 220 valence electrons. The molecule has 3 N–H and O–H groups in total. The average Bonchev–Trinajstić information content (AvgIpc) is 3.58. The summed E-state index contributed by atoms with van der Waals surface area (Å²) in [6.45, 7) is 6.37. The molecule has 3 aromatic carbocycles. The topological polar surface area (TPSA) is 98.7 Å². The maximum absolute atomic E-state index is 14.5. The van der Waals surface area contributed by atoms with Gasteiger partial charge in [0.05, 0.1) is 29.2 Å². The largest absolute Gasteiger partial charge is 0.394 e. The molecule has 3 heterocycles. The Morgan fingerprint density at radius 3 is 2.45 bits per heavy atom. The first kappa shape index (κ1) is 28.7. The number of nitrogens with one attached hydrogen (secondary N) is 2. The van der Waals surface area contributed by atoms with Crippen molar-refractivity contribution >= 4 is 45.9 Å². The van der Waals surface area contributed by atoms with Gasteiger partial charge in [-0.3, -0.25) is 14.4 Å². The number of fused-ring (bicyclic) bond motifs is 2. The fourth-order valence-corrected chi connectivity index (χ4v) is 10.1. The first-order chi connectivity index (χ1) is 20.2. The maximum Gasteiger partial charge on any atom is 0.248 e. The van der Waals surface area contributed by atoms with Gasteiger partial charge in [0, 0.05) is 17.5 Å². The van der Waals surface area contributed by atoms with Gasteiger partial charge in [-0.15, -0.1) is 11.8 Å². The molecule has 0 saturated carbocycles. The minimum atomic E-state index is -0.797. The van der Waals surface area contributed by atoms with Gasteiger partial charge in [-0.2, -0.15) is 0 Å². The quantitative estimate of drug-likeness (QED) is 0.334. The summed E-state index contributed by atoms with van der Waals surface area (Å²) < 4.78 is -0.748. The average molecular weight is 586 g/mol. The Kier molecular flexibility index (Phi) is 7.79. The standard InChI is InChI=1S/C34H39N3O4S/c1-20(2)15-26(19-38)37-30(32(40)36-25-14-13-23-11-7-8-12-24(23)17-25)34-21(3)16-27(42-34)28(29(34)33(37)41)31(39)35-18-22-9-5-4-6-10-22/h4-14,17,20-21,26-30,38H,15-16,18-19H2,1-3H3,(H,35,39)(H,36,40)/t21?,26-,27-,28+,29+,30?,34?/m1/s1. The molecule has 42 heavy (non-hydrogen) atoms. The number of aliphatic hydroxyl groups excluding tert-OH is 1. The summed E-state index contributed by atoms with van der Waals surface area (Å²) >= 11 is 1.65. The predicted octanol–water partition coefficient (Wildman–Crippen LogP) is 4.84. The second-order valence-corrected chi connectivity index (χ2v) is 14.1. The van der Waals surface area contributed by atoms with E-state index in [2.05, 4.69) is 31.4 Å². The lowest BCUT2D eigenvalue weighted by atomic mass is 9.66. The third kappa shape index (κ3) is 4.78. The number of thioether (sulfide) groups is 1. The molecule has 0 radical (unpaired) electrons. The van der Waals surface area contributed by atoms with Crippen molar-refractivity contribution in [1.82, 2.24) is 10.2 Å². The molecule has 3 fully saturated rings. The summed E-state index contributed by atoms with van der Waals surface area (Å²) in [5.41, 5.74) is 1.66. The number of benzene rings is 3. The van der Waals surface area contributed by atoms with Crippen LogP contribution < -0.4 is 10.6 Å². The summed E-state index contributed by atoms with van der Waals surface area (Å²) in [6.07, 6.45) is 1.33. The van der Waals surface area contributed by atoms with E-state index in [0.29, 0.717) is 18.7 Å². The first-order valence-corrected chi connectivity index (χ1v) is 15.8. The molecule has 3 aromatic rings. The zero-order valence-electron chi connectivity index (χ0n) is 24.3. The van der Waals surface area contributed by atoms with Crippen LogP contribution in [0, 0.1) is 23.7 Å². The smallest absolute Gasteiger partial charge is 0.248 e. The minimum Gasteiger partial charge on any atom is -0.394 e. The lowest BCUT2D eigenvalue weighted by Crippen LogP contribution is -2.57. The van der Waals surface area contributed by atoms with Crippen LogP contribution in [0.1, 0.15) is 39.2 Å². The van der Waals surface area contributed by atoms with E-state index in [9.17, 15) is 19.5 Å². The molecule has 3 amide bonds. The second kappa shape index (κ2) is 11.4. The molecular formula is C34H39N3O4S. The molecule has 3 unspecified atom stereocenters. The van der Waals surface area contributed by atoms with Gasteiger partial charge >= 0.3 is 0 Å². The van der Waals surface area contributed by atoms with E-state index in [1.807, 2.05) is 72.8 Å². The van der Waals surface area contributed by atoms with E-state index in [1.54, 1.807) is 16.7 Å². The first-order valence-electron chi connectivity index (χ1n) is 15.0. The Hall–Kier alpha value is -3.36. The second-order valence-electron chi connectivity index (χ2n) is 12.5. The monoisotopic (exact) mass is 585 g/mol. The van der Waals surface area contributed by atoms with Crippen LogP contribution in [0.25, 0.3) is 10.8 Å². The zero-order chi connectivity index (χ0) is 29.6. The number of hydrogen-bond donors (Lipinski definition) is 3. The van der Waals surface area contributed by atoms with Crippen LogP contribution in [0.15, 0.2) is 72.8 Å². The molecule has 2 bridgehead atoms. The molecule has 6 rings (SSSR count). The van der Waals surface area contributed by atoms with Gasteiger partial charge in [0.2, 0.25) is 17.7 Å². The summed E-state index contributed by atoms with van der Waals surface area (Å²) in [7, 11) is 0. The van der Waals surface area contributed by atoms with Gasteiger partial charge in [0.15, 0.2) is 0 Å². The number of anilines is 1. The van der Waals surface area contributed by atoms with Gasteiger partial charge in [-0.1, -0.05) is 81.4 Å². The molecule has 0 aliphatic carbocycles. The van der Waals surface area contributed by atoms with Crippen LogP contribution in [-0.4, -0.2) is 56.4 Å². The van der Waals surface area contributed by atoms with Crippen LogP contribution in [-0.2, 0) is 20.9 Å². The van der Waals surface area contributed by atoms with Gasteiger partial charge < -0.3 is 20.6 Å². The van der Waals surface area contributed by atoms with Gasteiger partial charge in [-0.25, -0.2) is 0 Å². The number of likely N-dealkylation sites (tertiary alicyclic amines) is 1. The normalized spacial score (nSPS) is 28.7. The number of nitrogens with zero attached hydrogens (tertiary/aromatic N) is 1. The number of carbonyl (C=O) groups is 3. The Labute approximate surface area is 251 Å². The van der Waals surface area contributed by atoms with Gasteiger partial charge in [-0.05, 0) is 53.1 Å². The Balaban J connectivity index is 1.35. The molecule has 1 spiro atoms. The van der Waals surface area contributed by atoms with Crippen LogP contribution >= 0.6 is 11.8 Å². The highest BCUT2D eigenvalue weighted by Crippen LogP contribution is 2.69. The van der Waals surface area contributed by atoms with Crippen molar-refractivity contribution in [3.63, 3.8) is 0 Å². The summed E-state index contributed by atoms with van der Waals surface area (Å²) in [6, 6.07) is 22.2. The molecule has 3 aliphatic heterocycles. The molecule has 7 atom stereocenters. The van der Waals surface area contributed by atoms with Crippen LogP contribution in [0.2, 0.25) is 0 Å². The summed E-state index contributed by atoms with van der Waals surface area (Å²) in [5.74, 6) is -1.46. The van der Waals surface area contributed by atoms with Crippen molar-refractivity contribution in [1.29, 1.82) is 0 Å². The zero-order valence-corrected chi connectivity index (χ0v) is 25.1. The van der Waals surface area contributed by atoms with Crippen molar-refractivity contribution in [2.45, 2.75) is 62.2 Å². The third-order valence-corrected chi connectivity index (χ3v) is 11.5. The van der Waals surface area contributed by atoms with Gasteiger partial charge in [0.1, 0.15) is 6.04 Å². The lowest BCUT2D eigenvalue weighted by molar-refractivity contribution is -0.142. The van der Waals surface area contributed by atoms with Crippen LogP contribution in [0.5, 0.6) is 0 Å². The van der Waals surface area contributed by atoms with Gasteiger partial charge in [0.25, 0.3) is 0 Å². The lowest BCUT2D eigenvalue weighted by Gasteiger charge is -2.40. The van der Waals surface area contributed by atoms with Crippen molar-refractivity contribution in [2.75, 3.05) is 11.9 Å². The van der Waals surface area contributed by atoms with E-state index < -0.39 is 28.7 Å². The van der Waals surface area contributed by atoms with Crippen molar-refractivity contribution in [3.8, 4) is 0 Å². The third-order valence-electron chi connectivity index (χ3n) is 9.41. The minimum absolute atomic E-state index is 0.0412. The molecule has 3 saturated heterocycles. The highest BCUT2D eigenvalue weighted by molar-refractivity contribution is 8.02. The predicted molar refractivity (Wildman–Crippen MR) is 167 cm³/mol. The van der Waals surface area contributed by atoms with Crippen LogP contribution in [0.3, 0.4) is 0 Å². The van der Waals surface area contributed by atoms with Crippen molar-refractivity contribution in [3.05, 3.63) is 78.4 Å². The molecule has 3 aliphatic rings. The molecule has 0 aromatic heterocycles.